The van der Waals surface area contributed by atoms with Crippen LogP contribution >= 0.6 is 11.3 Å². The van der Waals surface area contributed by atoms with E-state index in [9.17, 15) is 14.4 Å². The van der Waals surface area contributed by atoms with Crippen molar-refractivity contribution in [2.45, 2.75) is 26.2 Å². The molecule has 2 saturated heterocycles. The summed E-state index contributed by atoms with van der Waals surface area (Å²) < 4.78 is 6.51. The van der Waals surface area contributed by atoms with E-state index < -0.39 is 0 Å². The lowest BCUT2D eigenvalue weighted by Crippen LogP contribution is -2.43. The molecule has 5 rings (SSSR count). The number of morpholine rings is 1. The van der Waals surface area contributed by atoms with Gasteiger partial charge in [0.25, 0.3) is 5.91 Å². The van der Waals surface area contributed by atoms with E-state index in [1.807, 2.05) is 6.07 Å². The summed E-state index contributed by atoms with van der Waals surface area (Å²) in [6.45, 7) is 6.43. The molecule has 0 aliphatic carbocycles. The first-order chi connectivity index (χ1) is 17.0. The topological polar surface area (TPSA) is 83.1 Å². The average Bonchev–Trinajstić information content (AvgIpc) is 3.46. The number of ether oxygens (including phenoxy) is 1. The van der Waals surface area contributed by atoms with Gasteiger partial charge in [-0.3, -0.25) is 29.1 Å². The maximum absolute atomic E-state index is 13.7. The number of thiazole rings is 1. The number of hydrogen-bond acceptors (Lipinski definition) is 7. The molecule has 3 aromatic rings. The summed E-state index contributed by atoms with van der Waals surface area (Å²) in [5, 5.41) is 0.667. The van der Waals surface area contributed by atoms with Gasteiger partial charge in [-0.1, -0.05) is 24.3 Å². The number of anilines is 2. The zero-order chi connectivity index (χ0) is 24.4. The lowest BCUT2D eigenvalue weighted by atomic mass is 10.1. The predicted molar refractivity (Wildman–Crippen MR) is 136 cm³/mol. The lowest BCUT2D eigenvalue weighted by molar-refractivity contribution is -0.121. The Balaban J connectivity index is 1.42. The number of imide groups is 1. The minimum Gasteiger partial charge on any atom is -0.379 e. The van der Waals surface area contributed by atoms with Crippen molar-refractivity contribution in [2.24, 2.45) is 0 Å². The van der Waals surface area contributed by atoms with Crippen molar-refractivity contribution in [3.63, 3.8) is 0 Å². The highest BCUT2D eigenvalue weighted by Gasteiger charge is 2.30. The van der Waals surface area contributed by atoms with Gasteiger partial charge in [0.1, 0.15) is 0 Å². The second-order valence-corrected chi connectivity index (χ2v) is 9.74. The van der Waals surface area contributed by atoms with Crippen molar-refractivity contribution >= 4 is 50.1 Å². The number of rotatable bonds is 7. The molecular weight excluding hydrogens is 464 g/mol. The zero-order valence-corrected chi connectivity index (χ0v) is 20.6. The Hall–Kier alpha value is -3.14. The maximum atomic E-state index is 13.7. The van der Waals surface area contributed by atoms with E-state index in [2.05, 4.69) is 24.0 Å². The van der Waals surface area contributed by atoms with E-state index in [4.69, 9.17) is 9.72 Å². The standard InChI is InChI=1S/C26H28N4O4S/c1-2-18-3-8-21-22(17-18)35-26(27-21)29(12-11-28-13-15-34-16-14-28)25(33)19-4-6-20(7-5-19)30-23(31)9-10-24(30)32/h3-8,17H,2,9-16H2,1H3. The van der Waals surface area contributed by atoms with Crippen LogP contribution in [0.2, 0.25) is 0 Å². The molecule has 1 aromatic heterocycles. The molecule has 0 bridgehead atoms. The third kappa shape index (κ3) is 4.98. The maximum Gasteiger partial charge on any atom is 0.260 e. The van der Waals surface area contributed by atoms with Crippen molar-refractivity contribution in [3.05, 3.63) is 53.6 Å². The number of fused-ring (bicyclic) bond motifs is 1. The Morgan fingerprint density at radius 3 is 2.46 bits per heavy atom. The van der Waals surface area contributed by atoms with Crippen molar-refractivity contribution in [3.8, 4) is 0 Å². The van der Waals surface area contributed by atoms with Gasteiger partial charge < -0.3 is 4.74 Å². The van der Waals surface area contributed by atoms with E-state index in [0.717, 1.165) is 36.3 Å². The average molecular weight is 493 g/mol. The molecule has 2 fully saturated rings. The van der Waals surface area contributed by atoms with Crippen LogP contribution in [-0.2, 0) is 20.7 Å². The molecule has 0 radical (unpaired) electrons. The van der Waals surface area contributed by atoms with Gasteiger partial charge in [0.15, 0.2) is 5.13 Å². The number of benzene rings is 2. The molecule has 0 saturated carbocycles. The van der Waals surface area contributed by atoms with Crippen LogP contribution in [-0.4, -0.2) is 67.0 Å². The lowest BCUT2D eigenvalue weighted by Gasteiger charge is -2.29. The molecule has 0 atom stereocenters. The molecule has 9 heteroatoms. The fourth-order valence-corrected chi connectivity index (χ4v) is 5.47. The number of aryl methyl sites for hydroxylation is 1. The molecule has 8 nitrogen and oxygen atoms in total. The summed E-state index contributed by atoms with van der Waals surface area (Å²) in [6, 6.07) is 12.9. The van der Waals surface area contributed by atoms with E-state index in [1.165, 1.54) is 21.8 Å². The van der Waals surface area contributed by atoms with Gasteiger partial charge in [-0.15, -0.1) is 0 Å². The van der Waals surface area contributed by atoms with Gasteiger partial charge in [0.2, 0.25) is 11.8 Å². The van der Waals surface area contributed by atoms with Crippen molar-refractivity contribution in [2.75, 3.05) is 49.2 Å². The monoisotopic (exact) mass is 492 g/mol. The smallest absolute Gasteiger partial charge is 0.260 e. The highest BCUT2D eigenvalue weighted by Crippen LogP contribution is 2.31. The molecule has 2 aromatic carbocycles. The third-order valence-corrected chi connectivity index (χ3v) is 7.53. The van der Waals surface area contributed by atoms with Crippen LogP contribution in [0.5, 0.6) is 0 Å². The summed E-state index contributed by atoms with van der Waals surface area (Å²) in [5.41, 5.74) is 3.11. The first-order valence-electron chi connectivity index (χ1n) is 12.0. The Morgan fingerprint density at radius 2 is 1.77 bits per heavy atom. The van der Waals surface area contributed by atoms with Crippen LogP contribution in [0.3, 0.4) is 0 Å². The molecule has 182 valence electrons. The van der Waals surface area contributed by atoms with Crippen molar-refractivity contribution in [1.82, 2.24) is 9.88 Å². The van der Waals surface area contributed by atoms with Crippen LogP contribution in [0.4, 0.5) is 10.8 Å². The first kappa shape index (κ1) is 23.6. The van der Waals surface area contributed by atoms with Gasteiger partial charge in [-0.25, -0.2) is 4.98 Å². The van der Waals surface area contributed by atoms with Gasteiger partial charge >= 0.3 is 0 Å². The summed E-state index contributed by atoms with van der Waals surface area (Å²) in [4.78, 5) is 47.8. The summed E-state index contributed by atoms with van der Waals surface area (Å²) in [6.07, 6.45) is 1.40. The fourth-order valence-electron chi connectivity index (χ4n) is 4.42. The van der Waals surface area contributed by atoms with E-state index in [1.54, 1.807) is 29.2 Å². The summed E-state index contributed by atoms with van der Waals surface area (Å²) >= 11 is 1.52. The van der Waals surface area contributed by atoms with Gasteiger partial charge in [0.05, 0.1) is 29.1 Å². The van der Waals surface area contributed by atoms with Crippen LogP contribution in [0.1, 0.15) is 35.7 Å². The molecule has 0 spiro atoms. The molecular formula is C26H28N4O4S. The van der Waals surface area contributed by atoms with E-state index in [0.29, 0.717) is 36.1 Å². The summed E-state index contributed by atoms with van der Waals surface area (Å²) in [5.74, 6) is -0.567. The quantitative estimate of drug-likeness (QED) is 0.470. The number of carbonyl (C=O) groups is 3. The Labute approximate surface area is 208 Å². The van der Waals surface area contributed by atoms with Crippen LogP contribution < -0.4 is 9.80 Å². The highest BCUT2D eigenvalue weighted by molar-refractivity contribution is 7.22. The van der Waals surface area contributed by atoms with Gasteiger partial charge in [0, 0.05) is 44.6 Å². The zero-order valence-electron chi connectivity index (χ0n) is 19.7. The number of aromatic nitrogens is 1. The third-order valence-electron chi connectivity index (χ3n) is 6.49. The molecule has 3 amide bonds. The second-order valence-electron chi connectivity index (χ2n) is 8.73. The normalized spacial score (nSPS) is 16.9. The Kier molecular flexibility index (Phi) is 6.90. The largest absolute Gasteiger partial charge is 0.379 e. The molecule has 0 N–H and O–H groups in total. The number of hydrogen-bond donors (Lipinski definition) is 0. The molecule has 0 unspecified atom stereocenters. The van der Waals surface area contributed by atoms with Crippen LogP contribution in [0, 0.1) is 0 Å². The first-order valence-corrected chi connectivity index (χ1v) is 12.8. The number of amides is 3. The molecule has 3 heterocycles. The SMILES string of the molecule is CCc1ccc2nc(N(CCN3CCOCC3)C(=O)c3ccc(N4C(=O)CCC4=O)cc3)sc2c1. The molecule has 2 aliphatic rings. The van der Waals surface area contributed by atoms with E-state index in [-0.39, 0.29) is 30.6 Å². The highest BCUT2D eigenvalue weighted by atomic mass is 32.1. The fraction of sp³-hybridized carbons (Fsp3) is 0.385. The van der Waals surface area contributed by atoms with Crippen LogP contribution in [0.15, 0.2) is 42.5 Å². The van der Waals surface area contributed by atoms with Gasteiger partial charge in [-0.2, -0.15) is 0 Å². The number of carbonyl (C=O) groups excluding carboxylic acids is 3. The van der Waals surface area contributed by atoms with Crippen molar-refractivity contribution < 1.29 is 19.1 Å². The summed E-state index contributed by atoms with van der Waals surface area (Å²) in [7, 11) is 0. The Morgan fingerprint density at radius 1 is 1.06 bits per heavy atom. The molecule has 2 aliphatic heterocycles. The minimum absolute atomic E-state index is 0.154. The number of nitrogens with zero attached hydrogens (tertiary/aromatic N) is 4. The second kappa shape index (κ2) is 10.2. The Bertz CT molecular complexity index is 1230. The predicted octanol–water partition coefficient (Wildman–Crippen LogP) is 3.49. The van der Waals surface area contributed by atoms with Crippen LogP contribution in [0.25, 0.3) is 10.2 Å². The van der Waals surface area contributed by atoms with E-state index >= 15 is 0 Å². The van der Waals surface area contributed by atoms with Crippen molar-refractivity contribution in [1.29, 1.82) is 0 Å². The minimum atomic E-state index is -0.206. The van der Waals surface area contributed by atoms with Gasteiger partial charge in [-0.05, 0) is 48.4 Å². The molecule has 35 heavy (non-hydrogen) atoms.